The van der Waals surface area contributed by atoms with Crippen molar-refractivity contribution in [3.05, 3.63) is 72.1 Å². The third-order valence-electron chi connectivity index (χ3n) is 22.6. The molecule has 45 nitrogen and oxygen atoms in total. The Morgan fingerprint density at radius 2 is 0.602 bits per heavy atom. The molecule has 2 aromatic carbocycles. The molecule has 0 aliphatic carbocycles. The summed E-state index contributed by atoms with van der Waals surface area (Å²) >= 11 is 0. The summed E-state index contributed by atoms with van der Waals surface area (Å²) in [6.07, 6.45) is 5.57. The number of unbranched alkanes of at least 4 members (excludes halogenated alkanes) is 2. The van der Waals surface area contributed by atoms with Crippen LogP contribution in [-0.4, -0.2) is 240 Å². The predicted octanol–water partition coefficient (Wildman–Crippen LogP) is -2.92. The maximum Gasteiger partial charge on any atom is 0.243 e. The van der Waals surface area contributed by atoms with Crippen LogP contribution >= 0.6 is 0 Å². The highest BCUT2D eigenvalue weighted by Crippen LogP contribution is 2.23. The first-order valence-corrected chi connectivity index (χ1v) is 45.8. The first kappa shape index (κ1) is 112. The predicted molar refractivity (Wildman–Crippen MR) is 508 cm³/mol. The minimum atomic E-state index is -1.51. The number of hydrogen-bond acceptors (Lipinski definition) is 21. The number of para-hydroxylation sites is 2. The Bertz CT molecular complexity index is 4520. The third-order valence-corrected chi connectivity index (χ3v) is 22.6. The van der Waals surface area contributed by atoms with Crippen LogP contribution in [0, 0.1) is 45.3 Å². The maximum atomic E-state index is 15.2. The van der Waals surface area contributed by atoms with Gasteiger partial charge in [-0.05, 0) is 183 Å². The van der Waals surface area contributed by atoms with Gasteiger partial charge in [0.1, 0.15) is 78.5 Å². The van der Waals surface area contributed by atoms with Crippen molar-refractivity contribution < 1.29 is 67.1 Å². The molecule has 133 heavy (non-hydrogen) atoms. The summed E-state index contributed by atoms with van der Waals surface area (Å²) in [4.78, 5) is 209. The number of aromatic nitrogens is 2. The molecule has 0 radical (unpaired) electrons. The van der Waals surface area contributed by atoms with E-state index in [0.29, 0.717) is 42.1 Å². The van der Waals surface area contributed by atoms with Crippen LogP contribution in [0.2, 0.25) is 0 Å². The average molecular weight is 1870 g/mol. The van der Waals surface area contributed by atoms with E-state index in [1.54, 1.807) is 78.2 Å². The zero-order valence-electron chi connectivity index (χ0n) is 78.4. The molecule has 740 valence electrons. The van der Waals surface area contributed by atoms with Crippen molar-refractivity contribution in [2.24, 2.45) is 69.5 Å². The zero-order chi connectivity index (χ0) is 99.1. The number of nitrogens with two attached hydrogens (primary N) is 8. The van der Waals surface area contributed by atoms with E-state index in [2.05, 4.69) is 100 Å². The molecule has 16 atom stereocenters. The van der Waals surface area contributed by atoms with E-state index in [-0.39, 0.29) is 172 Å². The maximum absolute atomic E-state index is 15.2. The molecule has 0 bridgehead atoms. The van der Waals surface area contributed by atoms with E-state index in [4.69, 9.17) is 67.5 Å². The molecule has 0 spiro atoms. The lowest BCUT2D eigenvalue weighted by Crippen LogP contribution is -2.61. The summed E-state index contributed by atoms with van der Waals surface area (Å²) in [7, 11) is 0. The van der Waals surface area contributed by atoms with Crippen LogP contribution in [0.15, 0.2) is 60.9 Å². The molecular formula is C88H149N31O14. The molecule has 0 saturated heterocycles. The second-order valence-electron chi connectivity index (χ2n) is 34.6. The molecule has 0 fully saturated rings. The first-order chi connectivity index (χ1) is 63.0. The largest absolute Gasteiger partial charge is 0.370 e. The number of rotatable bonds is 63. The van der Waals surface area contributed by atoms with Crippen LogP contribution < -0.4 is 136 Å². The molecular weight excluding hydrogens is 1720 g/mol. The summed E-state index contributed by atoms with van der Waals surface area (Å²) in [5.41, 5.74) is 48.8. The van der Waals surface area contributed by atoms with Crippen molar-refractivity contribution in [2.45, 2.75) is 282 Å². The Hall–Kier alpha value is -12.9. The Morgan fingerprint density at radius 3 is 0.932 bits per heavy atom. The van der Waals surface area contributed by atoms with E-state index in [1.807, 2.05) is 38.1 Å². The van der Waals surface area contributed by atoms with Crippen LogP contribution in [0.3, 0.4) is 0 Å². The molecule has 4 rings (SSSR count). The third kappa shape index (κ3) is 40.4. The Labute approximate surface area is 777 Å². The number of fused-ring (bicyclic) bond motifs is 2. The molecule has 0 aliphatic heterocycles. The number of amides is 14. The van der Waals surface area contributed by atoms with Gasteiger partial charge in [-0.15, -0.1) is 0 Å². The second-order valence-corrected chi connectivity index (χ2v) is 34.6. The normalized spacial score (nSPS) is 14.9. The Balaban J connectivity index is 1.68. The van der Waals surface area contributed by atoms with Crippen LogP contribution in [-0.2, 0) is 80.0 Å². The van der Waals surface area contributed by atoms with E-state index in [0.717, 1.165) is 16.5 Å². The number of aromatic amines is 2. The van der Waals surface area contributed by atoms with Crippen LogP contribution in [0.25, 0.3) is 21.8 Å². The number of primary amides is 1. The minimum absolute atomic E-state index is 0.0302. The van der Waals surface area contributed by atoms with Crippen LogP contribution in [0.4, 0.5) is 0 Å². The molecule has 2 aromatic heterocycles. The molecule has 0 unspecified atom stereocenters. The quantitative estimate of drug-likeness (QED) is 0.0120. The van der Waals surface area contributed by atoms with Crippen LogP contribution in [0.5, 0.6) is 0 Å². The Kier molecular flexibility index (Phi) is 49.6. The van der Waals surface area contributed by atoms with E-state index >= 15 is 9.59 Å². The number of nitrogens with one attached hydrogen (secondary N) is 23. The highest BCUT2D eigenvalue weighted by atomic mass is 16.2. The summed E-state index contributed by atoms with van der Waals surface area (Å²) in [5, 5.41) is 78.8. The highest BCUT2D eigenvalue weighted by Gasteiger charge is 2.40. The number of guanidine groups is 4. The van der Waals surface area contributed by atoms with Gasteiger partial charge in [-0.3, -0.25) is 88.8 Å². The van der Waals surface area contributed by atoms with Gasteiger partial charge in [-0.1, -0.05) is 105 Å². The lowest BCUT2D eigenvalue weighted by atomic mass is 9.96. The average Bonchev–Trinajstić information content (AvgIpc) is 1.72. The molecule has 45 heteroatoms. The number of carbonyl (C=O) groups excluding carboxylic acids is 14. The number of benzene rings is 2. The molecule has 2 heterocycles. The lowest BCUT2D eigenvalue weighted by molar-refractivity contribution is -0.137. The number of carbonyl (C=O) groups is 14. The van der Waals surface area contributed by atoms with Gasteiger partial charge in [-0.2, -0.15) is 0 Å². The van der Waals surface area contributed by atoms with Gasteiger partial charge in [-0.25, -0.2) is 0 Å². The van der Waals surface area contributed by atoms with Crippen molar-refractivity contribution in [1.82, 2.24) is 100 Å². The topological polar surface area (TPSA) is 779 Å². The van der Waals surface area contributed by atoms with Gasteiger partial charge in [0.05, 0.1) is 6.04 Å². The summed E-state index contributed by atoms with van der Waals surface area (Å²) in [6, 6.07) is -4.24. The lowest BCUT2D eigenvalue weighted by Gasteiger charge is -2.30. The van der Waals surface area contributed by atoms with Crippen molar-refractivity contribution in [3.63, 3.8) is 0 Å². The standard InChI is InChI=1S/C88H149N31O14/c1-11-49(7)69(83(132)113-60(29-17-19-35-89)74(123)107-51(9)71(92)120)118-78(127)65(34-24-40-104-88(99)100)110-77(126)63(32-22-38-102-86(95)96)112-81(130)67(42-48(5)6)117-82(131)68(44-54-46-106-59-28-16-14-26-56(54)59)115-72(121)52(10)108-75(124)61(30-18-20-36-90)114-84(133)70(50(8)12-2)119-79(128)64(33-23-39-103-87(97)98)109-76(125)62(31-21-37-101-85(93)94)111-80(129)66(41-47(3)4)116-73(122)57(91)43-53-45-105-58-27-15-13-25-55(53)58/h13-16,25-28,45-52,57,60-70,105-106H,11-12,17-24,29-44,89-91H2,1-10H3,(H2,92,120)(H,107,123)(H,108,124)(H,109,125)(H,110,126)(H,111,129)(H,112,130)(H,113,132)(H,114,133)(H,115,121)(H,116,122)(H,117,131)(H,118,127)(H,119,128)(H4,93,94,101)(H4,95,96,102)(H4,97,98,103)(H4,99,100,104)/t49-,50-,51+,52+,57+,60+,61+,62+,63+,64+,65+,66+,67+,68+,69+,70+/m0/s1. The minimum Gasteiger partial charge on any atom is -0.370 e. The molecule has 39 N–H and O–H groups in total. The summed E-state index contributed by atoms with van der Waals surface area (Å²) < 4.78 is 0. The number of H-pyrrole nitrogens is 2. The Morgan fingerprint density at radius 1 is 0.323 bits per heavy atom. The summed E-state index contributed by atoms with van der Waals surface area (Å²) in [5.74, 6) is -14.8. The SMILES string of the molecule is CC[C@H](C)[C@@H](NC(=O)[C@@H](CCCNC(=N)N)NC(=O)[C@@H](CCCNC(=N)N)NC(=O)[C@@H](CC(C)C)NC(=O)[C@@H](Cc1c[nH]c2ccccc12)NC(=O)[C@@H](C)NC(=O)[C@@H](CCCCN)NC(=O)[C@H](NC(=O)[C@@H](CCCNC(=N)N)NC(=O)[C@@H](CCCNC(=N)N)NC(=O)[C@@H](CC(C)C)NC(=O)[C@H](N)Cc1c[nH]c2ccccc12)[C@@H](C)CC)C(=O)N[C@H](CCCCN)C(=O)N[C@H](C)C(N)=O. The second kappa shape index (κ2) is 58.8. The molecule has 0 saturated carbocycles. The van der Waals surface area contributed by atoms with E-state index < -0.39 is 185 Å². The smallest absolute Gasteiger partial charge is 0.243 e. The molecule has 4 aromatic rings. The van der Waals surface area contributed by atoms with Gasteiger partial charge >= 0.3 is 0 Å². The van der Waals surface area contributed by atoms with Crippen molar-refractivity contribution in [3.8, 4) is 0 Å². The van der Waals surface area contributed by atoms with Crippen LogP contribution in [0.1, 0.15) is 196 Å². The number of hydrogen-bond donors (Lipinski definition) is 31. The van der Waals surface area contributed by atoms with Gasteiger partial charge in [0.15, 0.2) is 23.8 Å². The first-order valence-electron chi connectivity index (χ1n) is 45.8. The van der Waals surface area contributed by atoms with Gasteiger partial charge < -0.3 is 146 Å². The van der Waals surface area contributed by atoms with E-state index in [9.17, 15) is 57.5 Å². The van der Waals surface area contributed by atoms with E-state index in [1.165, 1.54) is 13.8 Å². The van der Waals surface area contributed by atoms with Gasteiger partial charge in [0.2, 0.25) is 82.7 Å². The van der Waals surface area contributed by atoms with Crippen molar-refractivity contribution in [1.29, 1.82) is 21.6 Å². The van der Waals surface area contributed by atoms with Crippen molar-refractivity contribution >= 4 is 128 Å². The fourth-order valence-electron chi connectivity index (χ4n) is 14.6. The van der Waals surface area contributed by atoms with Gasteiger partial charge in [0, 0.05) is 66.8 Å². The van der Waals surface area contributed by atoms with Crippen molar-refractivity contribution in [2.75, 3.05) is 39.3 Å². The fourth-order valence-corrected chi connectivity index (χ4v) is 14.6. The monoisotopic (exact) mass is 1860 g/mol. The molecule has 14 amide bonds. The molecule has 0 aliphatic rings. The summed E-state index contributed by atoms with van der Waals surface area (Å²) in [6.45, 7) is 17.5. The fraction of sp³-hybridized carbons (Fsp3) is 0.614. The highest BCUT2D eigenvalue weighted by molar-refractivity contribution is 6.01. The zero-order valence-corrected chi connectivity index (χ0v) is 78.4. The van der Waals surface area contributed by atoms with Gasteiger partial charge in [0.25, 0.3) is 0 Å².